The van der Waals surface area contributed by atoms with Crippen LogP contribution in [0, 0.1) is 11.8 Å². The molecule has 0 aromatic heterocycles. The van der Waals surface area contributed by atoms with Crippen LogP contribution in [0.4, 0.5) is 0 Å². The van der Waals surface area contributed by atoms with Crippen molar-refractivity contribution in [2.45, 2.75) is 65.1 Å². The van der Waals surface area contributed by atoms with Gasteiger partial charge in [-0.15, -0.1) is 0 Å². The van der Waals surface area contributed by atoms with Crippen molar-refractivity contribution in [2.75, 3.05) is 6.54 Å². The van der Waals surface area contributed by atoms with Gasteiger partial charge < -0.3 is 4.90 Å². The first kappa shape index (κ1) is 12.9. The molecule has 98 valence electrons. The zero-order valence-electron chi connectivity index (χ0n) is 11.4. The topological polar surface area (TPSA) is 32.3 Å². The lowest BCUT2D eigenvalue weighted by Crippen LogP contribution is -2.39. The van der Waals surface area contributed by atoms with E-state index in [0.29, 0.717) is 11.8 Å². The lowest BCUT2D eigenvalue weighted by molar-refractivity contribution is -0.131. The molecule has 1 aliphatic carbocycles. The smallest absolute Gasteiger partial charge is 0.241 e. The van der Waals surface area contributed by atoms with Gasteiger partial charge in [-0.3, -0.25) is 10.1 Å². The summed E-state index contributed by atoms with van der Waals surface area (Å²) in [5.41, 5.74) is 0. The van der Waals surface area contributed by atoms with E-state index in [1.54, 1.807) is 0 Å². The van der Waals surface area contributed by atoms with Gasteiger partial charge in [0.25, 0.3) is 0 Å². The quantitative estimate of drug-likeness (QED) is 0.818. The van der Waals surface area contributed by atoms with Crippen molar-refractivity contribution in [1.82, 2.24) is 10.2 Å². The Balaban J connectivity index is 1.93. The maximum absolute atomic E-state index is 12.3. The van der Waals surface area contributed by atoms with E-state index >= 15 is 0 Å². The first-order chi connectivity index (χ1) is 8.09. The van der Waals surface area contributed by atoms with Crippen LogP contribution in [-0.2, 0) is 4.79 Å². The highest BCUT2D eigenvalue weighted by Gasteiger charge is 2.38. The van der Waals surface area contributed by atoms with Gasteiger partial charge >= 0.3 is 0 Å². The van der Waals surface area contributed by atoms with Gasteiger partial charge in [-0.2, -0.15) is 0 Å². The Morgan fingerprint density at radius 2 is 1.94 bits per heavy atom. The Hall–Kier alpha value is -0.570. The number of nitrogens with zero attached hydrogens (tertiary/aromatic N) is 1. The van der Waals surface area contributed by atoms with Crippen molar-refractivity contribution in [2.24, 2.45) is 11.8 Å². The van der Waals surface area contributed by atoms with E-state index in [9.17, 15) is 4.79 Å². The van der Waals surface area contributed by atoms with E-state index < -0.39 is 0 Å². The van der Waals surface area contributed by atoms with Crippen LogP contribution in [0.25, 0.3) is 0 Å². The molecule has 1 N–H and O–H groups in total. The van der Waals surface area contributed by atoms with Crippen LogP contribution in [0.5, 0.6) is 0 Å². The molecule has 2 rings (SSSR count). The van der Waals surface area contributed by atoms with Crippen LogP contribution in [0.3, 0.4) is 0 Å². The predicted molar refractivity (Wildman–Crippen MR) is 69.5 cm³/mol. The van der Waals surface area contributed by atoms with Crippen LogP contribution in [-0.4, -0.2) is 29.6 Å². The maximum atomic E-state index is 12.3. The number of hydrogen-bond donors (Lipinski definition) is 1. The SMILES string of the molecule is CC(C)C1NC(C)N(CC2CCCCC2)C1=O. The van der Waals surface area contributed by atoms with Gasteiger partial charge in [0.2, 0.25) is 5.91 Å². The molecule has 0 bridgehead atoms. The molecule has 1 saturated carbocycles. The fourth-order valence-electron chi connectivity index (χ4n) is 3.16. The highest BCUT2D eigenvalue weighted by atomic mass is 16.2. The number of carbonyl (C=O) groups is 1. The molecule has 2 unspecified atom stereocenters. The van der Waals surface area contributed by atoms with E-state index in [-0.39, 0.29) is 12.2 Å². The Labute approximate surface area is 105 Å². The fourth-order valence-corrected chi connectivity index (χ4v) is 3.16. The molecule has 17 heavy (non-hydrogen) atoms. The number of hydrogen-bond acceptors (Lipinski definition) is 2. The largest absolute Gasteiger partial charge is 0.326 e. The molecular weight excluding hydrogens is 212 g/mol. The van der Waals surface area contributed by atoms with Gasteiger partial charge in [0.05, 0.1) is 12.2 Å². The average Bonchev–Trinajstić information content (AvgIpc) is 2.58. The van der Waals surface area contributed by atoms with Crippen molar-refractivity contribution in [1.29, 1.82) is 0 Å². The molecule has 2 fully saturated rings. The van der Waals surface area contributed by atoms with E-state index in [4.69, 9.17) is 0 Å². The minimum Gasteiger partial charge on any atom is -0.326 e. The zero-order valence-corrected chi connectivity index (χ0v) is 11.4. The maximum Gasteiger partial charge on any atom is 0.241 e. The van der Waals surface area contributed by atoms with E-state index in [1.165, 1.54) is 32.1 Å². The Morgan fingerprint density at radius 3 is 2.47 bits per heavy atom. The van der Waals surface area contributed by atoms with Crippen molar-refractivity contribution in [3.05, 3.63) is 0 Å². The molecule has 2 atom stereocenters. The molecule has 0 spiro atoms. The minimum absolute atomic E-state index is 0.0357. The summed E-state index contributed by atoms with van der Waals surface area (Å²) in [7, 11) is 0. The normalized spacial score (nSPS) is 31.5. The van der Waals surface area contributed by atoms with Crippen molar-refractivity contribution in [3.63, 3.8) is 0 Å². The first-order valence-electron chi connectivity index (χ1n) is 7.16. The molecule has 1 saturated heterocycles. The lowest BCUT2D eigenvalue weighted by atomic mass is 9.89. The summed E-state index contributed by atoms with van der Waals surface area (Å²) >= 11 is 0. The zero-order chi connectivity index (χ0) is 12.4. The van der Waals surface area contributed by atoms with Gasteiger partial charge in [0.15, 0.2) is 0 Å². The third kappa shape index (κ3) is 2.82. The summed E-state index contributed by atoms with van der Waals surface area (Å²) in [6.45, 7) is 7.32. The highest BCUT2D eigenvalue weighted by Crippen LogP contribution is 2.27. The van der Waals surface area contributed by atoms with E-state index in [0.717, 1.165) is 12.5 Å². The van der Waals surface area contributed by atoms with Crippen molar-refractivity contribution in [3.8, 4) is 0 Å². The Morgan fingerprint density at radius 1 is 1.29 bits per heavy atom. The number of carbonyl (C=O) groups excluding carboxylic acids is 1. The summed E-state index contributed by atoms with van der Waals surface area (Å²) in [6, 6.07) is 0.0357. The monoisotopic (exact) mass is 238 g/mol. The van der Waals surface area contributed by atoms with Crippen molar-refractivity contribution >= 4 is 5.91 Å². The molecule has 3 heteroatoms. The van der Waals surface area contributed by atoms with E-state index in [1.807, 2.05) is 0 Å². The molecule has 1 aliphatic heterocycles. The number of rotatable bonds is 3. The summed E-state index contributed by atoms with van der Waals surface area (Å²) in [4.78, 5) is 14.4. The Kier molecular flexibility index (Phi) is 4.08. The summed E-state index contributed by atoms with van der Waals surface area (Å²) in [5, 5.41) is 3.42. The second-order valence-corrected chi connectivity index (χ2v) is 6.06. The average molecular weight is 238 g/mol. The van der Waals surface area contributed by atoms with Crippen LogP contribution in [0.15, 0.2) is 0 Å². The second-order valence-electron chi connectivity index (χ2n) is 6.06. The van der Waals surface area contributed by atoms with Crippen LogP contribution in [0.2, 0.25) is 0 Å². The molecule has 3 nitrogen and oxygen atoms in total. The number of nitrogens with one attached hydrogen (secondary N) is 1. The Bertz CT molecular complexity index is 271. The standard InChI is InChI=1S/C14H26N2O/c1-10(2)13-14(17)16(11(3)15-13)9-12-7-5-4-6-8-12/h10-13,15H,4-9H2,1-3H3. The third-order valence-corrected chi connectivity index (χ3v) is 4.28. The lowest BCUT2D eigenvalue weighted by Gasteiger charge is -2.29. The molecule has 1 amide bonds. The third-order valence-electron chi connectivity index (χ3n) is 4.28. The van der Waals surface area contributed by atoms with Gasteiger partial charge in [-0.25, -0.2) is 0 Å². The molecule has 0 radical (unpaired) electrons. The van der Waals surface area contributed by atoms with E-state index in [2.05, 4.69) is 31.0 Å². The summed E-state index contributed by atoms with van der Waals surface area (Å²) in [6.07, 6.45) is 6.92. The molecule has 0 aromatic carbocycles. The molecule has 1 heterocycles. The molecular formula is C14H26N2O. The first-order valence-corrected chi connectivity index (χ1v) is 7.16. The van der Waals surface area contributed by atoms with Crippen LogP contribution >= 0.6 is 0 Å². The van der Waals surface area contributed by atoms with Crippen molar-refractivity contribution < 1.29 is 4.79 Å². The summed E-state index contributed by atoms with van der Waals surface area (Å²) in [5.74, 6) is 1.45. The molecule has 0 aromatic rings. The molecule has 2 aliphatic rings. The van der Waals surface area contributed by atoms with Gasteiger partial charge in [-0.1, -0.05) is 33.1 Å². The van der Waals surface area contributed by atoms with Gasteiger partial charge in [0, 0.05) is 6.54 Å². The number of amides is 1. The minimum atomic E-state index is 0.0357. The predicted octanol–water partition coefficient (Wildman–Crippen LogP) is 2.37. The summed E-state index contributed by atoms with van der Waals surface area (Å²) < 4.78 is 0. The highest BCUT2D eigenvalue weighted by molar-refractivity contribution is 5.84. The second kappa shape index (κ2) is 5.38. The van der Waals surface area contributed by atoms with Crippen LogP contribution in [0.1, 0.15) is 52.9 Å². The van der Waals surface area contributed by atoms with Crippen LogP contribution < -0.4 is 5.32 Å². The van der Waals surface area contributed by atoms with Gasteiger partial charge in [0.1, 0.15) is 0 Å². The van der Waals surface area contributed by atoms with Gasteiger partial charge in [-0.05, 0) is 31.6 Å². The fraction of sp³-hybridized carbons (Fsp3) is 0.929.